The number of benzene rings is 3. The summed E-state index contributed by atoms with van der Waals surface area (Å²) < 4.78 is 11.2. The average Bonchev–Trinajstić information content (AvgIpc) is 2.98. The third-order valence-corrected chi connectivity index (χ3v) is 7.05. The highest BCUT2D eigenvalue weighted by atomic mass is 16.7. The first-order valence-electron chi connectivity index (χ1n) is 13.8. The highest BCUT2D eigenvalue weighted by Gasteiger charge is 2.45. The van der Waals surface area contributed by atoms with Crippen molar-refractivity contribution in [3.63, 3.8) is 0 Å². The molecule has 11 nitrogen and oxygen atoms in total. The van der Waals surface area contributed by atoms with E-state index >= 15 is 0 Å². The molecule has 1 aliphatic heterocycles. The number of hydrogen-bond donors (Lipinski definition) is 6. The third kappa shape index (κ3) is 8.34. The Kier molecular flexibility index (Phi) is 11.0. The molecular weight excluding hydrogens is 542 g/mol. The number of carbonyl (C=O) groups is 3. The Hall–Kier alpha value is -3.87. The summed E-state index contributed by atoms with van der Waals surface area (Å²) in [5.74, 6) is -1.18. The van der Waals surface area contributed by atoms with E-state index in [4.69, 9.17) is 9.47 Å². The molecule has 0 aromatic heterocycles. The van der Waals surface area contributed by atoms with Crippen LogP contribution in [0.2, 0.25) is 0 Å². The van der Waals surface area contributed by atoms with Crippen molar-refractivity contribution in [2.75, 3.05) is 19.8 Å². The molecule has 11 heteroatoms. The van der Waals surface area contributed by atoms with Crippen molar-refractivity contribution in [1.29, 1.82) is 0 Å². The molecule has 3 amide bonds. The number of ether oxygens (including phenoxy) is 2. The fraction of sp³-hybridized carbons (Fsp3) is 0.387. The average molecular weight is 580 g/mol. The number of aliphatic hydroxyl groups excluding tert-OH is 3. The van der Waals surface area contributed by atoms with Gasteiger partial charge in [-0.2, -0.15) is 0 Å². The first-order chi connectivity index (χ1) is 20.2. The molecule has 1 fully saturated rings. The molecule has 1 saturated heterocycles. The van der Waals surface area contributed by atoms with Gasteiger partial charge in [0.1, 0.15) is 30.4 Å². The summed E-state index contributed by atoms with van der Waals surface area (Å²) >= 11 is 0. The molecule has 3 aromatic rings. The van der Waals surface area contributed by atoms with E-state index in [-0.39, 0.29) is 31.9 Å². The standard InChI is InChI=1S/C31H37N3O8/c1-19(36)33-27-29(39)28(38)25(18-35)42-31(27)41-14-13-32-30(40)24(16-20-7-3-2-4-8-20)34-26(37)17-21-11-12-22-9-5-6-10-23(22)15-21/h2-12,15,24-25,27-29,31,35,38-39H,13-14,16-18H2,1H3,(H,32,40)(H,33,36)(H,34,37)/t24-,25+,27+,28+,29+,31+/m0/s1. The van der Waals surface area contributed by atoms with E-state index in [9.17, 15) is 29.7 Å². The normalized spacial score (nSPS) is 22.7. The largest absolute Gasteiger partial charge is 0.394 e. The van der Waals surface area contributed by atoms with Crippen molar-refractivity contribution < 1.29 is 39.2 Å². The Morgan fingerprint density at radius 1 is 0.929 bits per heavy atom. The maximum Gasteiger partial charge on any atom is 0.243 e. The van der Waals surface area contributed by atoms with Gasteiger partial charge in [-0.15, -0.1) is 0 Å². The van der Waals surface area contributed by atoms with E-state index in [1.165, 1.54) is 6.92 Å². The molecule has 0 unspecified atom stereocenters. The molecule has 6 N–H and O–H groups in total. The predicted octanol–water partition coefficient (Wildman–Crippen LogP) is 0.186. The topological polar surface area (TPSA) is 166 Å². The third-order valence-electron chi connectivity index (χ3n) is 7.05. The molecule has 0 aliphatic carbocycles. The van der Waals surface area contributed by atoms with Crippen LogP contribution in [-0.4, -0.2) is 89.5 Å². The molecule has 6 atom stereocenters. The monoisotopic (exact) mass is 579 g/mol. The Morgan fingerprint density at radius 2 is 1.64 bits per heavy atom. The van der Waals surface area contributed by atoms with Gasteiger partial charge in [0, 0.05) is 19.9 Å². The summed E-state index contributed by atoms with van der Waals surface area (Å²) in [5, 5.41) is 40.2. The van der Waals surface area contributed by atoms with Gasteiger partial charge in [0.25, 0.3) is 0 Å². The number of hydrogen-bond acceptors (Lipinski definition) is 8. The first kappa shape index (κ1) is 31.1. The summed E-state index contributed by atoms with van der Waals surface area (Å²) in [7, 11) is 0. The maximum absolute atomic E-state index is 13.2. The molecule has 0 spiro atoms. The Morgan fingerprint density at radius 3 is 2.36 bits per heavy atom. The van der Waals surface area contributed by atoms with E-state index in [0.29, 0.717) is 0 Å². The van der Waals surface area contributed by atoms with E-state index in [1.807, 2.05) is 72.8 Å². The highest BCUT2D eigenvalue weighted by Crippen LogP contribution is 2.22. The second-order valence-electron chi connectivity index (χ2n) is 10.3. The predicted molar refractivity (Wildman–Crippen MR) is 154 cm³/mol. The number of amides is 3. The number of rotatable bonds is 12. The zero-order valence-electron chi connectivity index (χ0n) is 23.3. The number of carbonyl (C=O) groups excluding carboxylic acids is 3. The van der Waals surface area contributed by atoms with Gasteiger partial charge in [-0.3, -0.25) is 14.4 Å². The van der Waals surface area contributed by atoms with Crippen LogP contribution in [0.4, 0.5) is 0 Å². The van der Waals surface area contributed by atoms with Crippen LogP contribution in [0, 0.1) is 0 Å². The van der Waals surface area contributed by atoms with Gasteiger partial charge in [0.05, 0.1) is 19.6 Å². The molecule has 1 aliphatic rings. The number of fused-ring (bicyclic) bond motifs is 1. The van der Waals surface area contributed by atoms with Crippen molar-refractivity contribution >= 4 is 28.5 Å². The van der Waals surface area contributed by atoms with Gasteiger partial charge < -0.3 is 40.7 Å². The molecule has 1 heterocycles. The Bertz CT molecular complexity index is 1350. The van der Waals surface area contributed by atoms with Crippen molar-refractivity contribution in [1.82, 2.24) is 16.0 Å². The van der Waals surface area contributed by atoms with Gasteiger partial charge in [0.2, 0.25) is 17.7 Å². The van der Waals surface area contributed by atoms with Gasteiger partial charge in [-0.1, -0.05) is 72.8 Å². The van der Waals surface area contributed by atoms with Gasteiger partial charge >= 0.3 is 0 Å². The van der Waals surface area contributed by atoms with Crippen LogP contribution in [0.15, 0.2) is 72.8 Å². The summed E-state index contributed by atoms with van der Waals surface area (Å²) in [4.78, 5) is 37.8. The summed E-state index contributed by atoms with van der Waals surface area (Å²) in [6.45, 7) is 0.633. The van der Waals surface area contributed by atoms with Crippen molar-refractivity contribution in [3.05, 3.63) is 83.9 Å². The first-order valence-corrected chi connectivity index (χ1v) is 13.8. The van der Waals surface area contributed by atoms with Crippen molar-refractivity contribution in [3.8, 4) is 0 Å². The van der Waals surface area contributed by atoms with E-state index in [2.05, 4.69) is 16.0 Å². The van der Waals surface area contributed by atoms with Crippen LogP contribution in [0.3, 0.4) is 0 Å². The van der Waals surface area contributed by atoms with Crippen LogP contribution in [0.5, 0.6) is 0 Å². The molecule has 0 bridgehead atoms. The lowest BCUT2D eigenvalue weighted by atomic mass is 9.97. The quantitative estimate of drug-likeness (QED) is 0.165. The fourth-order valence-electron chi connectivity index (χ4n) is 4.92. The number of nitrogens with one attached hydrogen (secondary N) is 3. The van der Waals surface area contributed by atoms with Crippen LogP contribution in [0.25, 0.3) is 10.8 Å². The molecule has 0 radical (unpaired) electrons. The van der Waals surface area contributed by atoms with Gasteiger partial charge in [-0.25, -0.2) is 0 Å². The Labute approximate surface area is 243 Å². The smallest absolute Gasteiger partial charge is 0.243 e. The zero-order chi connectivity index (χ0) is 30.1. The van der Waals surface area contributed by atoms with E-state index in [0.717, 1.165) is 21.9 Å². The van der Waals surface area contributed by atoms with Crippen LogP contribution < -0.4 is 16.0 Å². The van der Waals surface area contributed by atoms with E-state index < -0.39 is 55.1 Å². The second-order valence-corrected chi connectivity index (χ2v) is 10.3. The lowest BCUT2D eigenvalue weighted by molar-refractivity contribution is -0.269. The van der Waals surface area contributed by atoms with Crippen LogP contribution in [0.1, 0.15) is 18.1 Å². The van der Waals surface area contributed by atoms with Gasteiger partial charge in [-0.05, 0) is 21.9 Å². The Balaban J connectivity index is 1.35. The second kappa shape index (κ2) is 14.9. The maximum atomic E-state index is 13.2. The lowest BCUT2D eigenvalue weighted by Crippen LogP contribution is -2.64. The summed E-state index contributed by atoms with van der Waals surface area (Å²) in [6.07, 6.45) is -4.78. The molecular formula is C31H37N3O8. The molecule has 3 aromatic carbocycles. The van der Waals surface area contributed by atoms with Crippen LogP contribution in [-0.2, 0) is 36.7 Å². The minimum absolute atomic E-state index is 0.0275. The van der Waals surface area contributed by atoms with Gasteiger partial charge in [0.15, 0.2) is 6.29 Å². The van der Waals surface area contributed by atoms with E-state index in [1.54, 1.807) is 0 Å². The van der Waals surface area contributed by atoms with Crippen molar-refractivity contribution in [2.24, 2.45) is 0 Å². The summed E-state index contributed by atoms with van der Waals surface area (Å²) in [5.41, 5.74) is 1.70. The SMILES string of the molecule is CC(=O)N[C@H]1[C@H](OCCNC(=O)[C@H](Cc2ccccc2)NC(=O)Cc2ccc3ccccc3c2)O[C@H](CO)[C@@H](O)[C@@H]1O. The lowest BCUT2D eigenvalue weighted by Gasteiger charge is -2.42. The zero-order valence-corrected chi connectivity index (χ0v) is 23.3. The highest BCUT2D eigenvalue weighted by molar-refractivity contribution is 5.89. The molecule has 4 rings (SSSR count). The minimum atomic E-state index is -1.44. The fourth-order valence-corrected chi connectivity index (χ4v) is 4.92. The number of aliphatic hydroxyl groups is 3. The minimum Gasteiger partial charge on any atom is -0.394 e. The molecule has 224 valence electrons. The molecule has 42 heavy (non-hydrogen) atoms. The summed E-state index contributed by atoms with van der Waals surface area (Å²) in [6, 6.07) is 21.1. The van der Waals surface area contributed by atoms with Crippen LogP contribution >= 0.6 is 0 Å². The van der Waals surface area contributed by atoms with Crippen molar-refractivity contribution in [2.45, 2.75) is 56.5 Å². The molecule has 0 saturated carbocycles.